The van der Waals surface area contributed by atoms with Crippen molar-refractivity contribution in [2.75, 3.05) is 40.0 Å². The first-order valence-electron chi connectivity index (χ1n) is 6.41. The van der Waals surface area contributed by atoms with E-state index in [9.17, 15) is 0 Å². The summed E-state index contributed by atoms with van der Waals surface area (Å²) in [5, 5.41) is 0. The third-order valence-corrected chi connectivity index (χ3v) is 3.34. The van der Waals surface area contributed by atoms with Crippen LogP contribution < -0.4 is 10.5 Å². The van der Waals surface area contributed by atoms with Gasteiger partial charge in [-0.05, 0) is 13.0 Å². The first kappa shape index (κ1) is 13.3. The predicted molar refractivity (Wildman–Crippen MR) is 71.9 cm³/mol. The molecule has 1 aromatic carbocycles. The van der Waals surface area contributed by atoms with Gasteiger partial charge in [0.1, 0.15) is 5.75 Å². The van der Waals surface area contributed by atoms with Crippen LogP contribution in [0.1, 0.15) is 17.2 Å². The molecule has 0 radical (unpaired) electrons. The second kappa shape index (κ2) is 6.18. The third-order valence-electron chi connectivity index (χ3n) is 3.34. The second-order valence-electron chi connectivity index (χ2n) is 4.76. The molecule has 1 saturated heterocycles. The molecule has 1 aliphatic rings. The molecule has 2 N–H and O–H groups in total. The van der Waals surface area contributed by atoms with Crippen LogP contribution in [0.5, 0.6) is 5.75 Å². The van der Waals surface area contributed by atoms with Crippen molar-refractivity contribution in [1.82, 2.24) is 4.90 Å². The molecule has 0 aromatic heterocycles. The number of nitrogens with two attached hydrogens (primary N) is 1. The van der Waals surface area contributed by atoms with E-state index in [0.717, 1.165) is 44.2 Å². The van der Waals surface area contributed by atoms with E-state index in [1.165, 1.54) is 5.56 Å². The molecule has 2 rings (SSSR count). The van der Waals surface area contributed by atoms with Gasteiger partial charge in [0.05, 0.1) is 20.3 Å². The Hall–Kier alpha value is -1.10. The highest BCUT2D eigenvalue weighted by molar-refractivity contribution is 5.39. The first-order valence-corrected chi connectivity index (χ1v) is 6.41. The van der Waals surface area contributed by atoms with Crippen LogP contribution in [0, 0.1) is 6.92 Å². The van der Waals surface area contributed by atoms with Crippen molar-refractivity contribution in [3.05, 3.63) is 29.3 Å². The van der Waals surface area contributed by atoms with Gasteiger partial charge in [-0.1, -0.05) is 17.7 Å². The van der Waals surface area contributed by atoms with E-state index in [-0.39, 0.29) is 6.04 Å². The summed E-state index contributed by atoms with van der Waals surface area (Å²) in [6, 6.07) is 6.13. The molecule has 0 saturated carbocycles. The fraction of sp³-hybridized carbons (Fsp3) is 0.571. The van der Waals surface area contributed by atoms with Crippen molar-refractivity contribution in [1.29, 1.82) is 0 Å². The average molecular weight is 250 g/mol. The Morgan fingerprint density at radius 1 is 1.39 bits per heavy atom. The lowest BCUT2D eigenvalue weighted by Gasteiger charge is -2.29. The van der Waals surface area contributed by atoms with Gasteiger partial charge in [0.25, 0.3) is 0 Å². The maximum Gasteiger partial charge on any atom is 0.123 e. The van der Waals surface area contributed by atoms with Crippen LogP contribution in [0.4, 0.5) is 0 Å². The molecule has 4 nitrogen and oxygen atoms in total. The smallest absolute Gasteiger partial charge is 0.123 e. The van der Waals surface area contributed by atoms with Gasteiger partial charge in [-0.15, -0.1) is 0 Å². The summed E-state index contributed by atoms with van der Waals surface area (Å²) < 4.78 is 10.7. The summed E-state index contributed by atoms with van der Waals surface area (Å²) >= 11 is 0. The van der Waals surface area contributed by atoms with E-state index >= 15 is 0 Å². The van der Waals surface area contributed by atoms with Crippen molar-refractivity contribution < 1.29 is 9.47 Å². The maximum absolute atomic E-state index is 6.31. The van der Waals surface area contributed by atoms with Gasteiger partial charge in [0.2, 0.25) is 0 Å². The van der Waals surface area contributed by atoms with E-state index < -0.39 is 0 Å². The average Bonchev–Trinajstić information content (AvgIpc) is 2.40. The lowest BCUT2D eigenvalue weighted by molar-refractivity contribution is 0.0351. The van der Waals surface area contributed by atoms with E-state index in [2.05, 4.69) is 17.9 Å². The molecule has 100 valence electrons. The van der Waals surface area contributed by atoms with Crippen LogP contribution >= 0.6 is 0 Å². The Kier molecular flexibility index (Phi) is 4.58. The van der Waals surface area contributed by atoms with Crippen LogP contribution in [0.2, 0.25) is 0 Å². The van der Waals surface area contributed by atoms with Crippen LogP contribution in [0.15, 0.2) is 18.2 Å². The monoisotopic (exact) mass is 250 g/mol. The van der Waals surface area contributed by atoms with Gasteiger partial charge >= 0.3 is 0 Å². The Bertz CT molecular complexity index is 389. The topological polar surface area (TPSA) is 47.7 Å². The molecule has 1 aromatic rings. The van der Waals surface area contributed by atoms with E-state index in [1.807, 2.05) is 12.1 Å². The molecule has 1 aliphatic heterocycles. The SMILES string of the molecule is COc1ccc(C)cc1C(N)CN1CCOCC1. The number of morpholine rings is 1. The Labute approximate surface area is 109 Å². The Morgan fingerprint density at radius 3 is 2.78 bits per heavy atom. The number of aryl methyl sites for hydroxylation is 1. The number of benzene rings is 1. The first-order chi connectivity index (χ1) is 8.70. The number of rotatable bonds is 4. The van der Waals surface area contributed by atoms with Gasteiger partial charge in [0.15, 0.2) is 0 Å². The van der Waals surface area contributed by atoms with Gasteiger partial charge in [0, 0.05) is 31.2 Å². The zero-order valence-corrected chi connectivity index (χ0v) is 11.2. The van der Waals surface area contributed by atoms with Crippen molar-refractivity contribution in [3.63, 3.8) is 0 Å². The summed E-state index contributed by atoms with van der Waals surface area (Å²) in [4.78, 5) is 2.34. The summed E-state index contributed by atoms with van der Waals surface area (Å²) in [6.45, 7) is 6.45. The lowest BCUT2D eigenvalue weighted by Crippen LogP contribution is -2.40. The minimum Gasteiger partial charge on any atom is -0.496 e. The molecular formula is C14H22N2O2. The molecule has 0 bridgehead atoms. The predicted octanol–water partition coefficient (Wildman–Crippen LogP) is 1.34. The zero-order chi connectivity index (χ0) is 13.0. The molecule has 18 heavy (non-hydrogen) atoms. The van der Waals surface area contributed by atoms with Gasteiger partial charge in [-0.2, -0.15) is 0 Å². The van der Waals surface area contributed by atoms with Crippen molar-refractivity contribution in [2.45, 2.75) is 13.0 Å². The molecule has 0 spiro atoms. The Morgan fingerprint density at radius 2 is 2.11 bits per heavy atom. The third kappa shape index (κ3) is 3.22. The van der Waals surface area contributed by atoms with Gasteiger partial charge in [-0.3, -0.25) is 4.90 Å². The summed E-state index contributed by atoms with van der Waals surface area (Å²) in [7, 11) is 1.69. The molecule has 1 fully saturated rings. The normalized spacial score (nSPS) is 18.6. The van der Waals surface area contributed by atoms with E-state index in [4.69, 9.17) is 15.2 Å². The van der Waals surface area contributed by atoms with Crippen molar-refractivity contribution in [3.8, 4) is 5.75 Å². The maximum atomic E-state index is 6.31. The fourth-order valence-electron chi connectivity index (χ4n) is 2.30. The number of hydrogen-bond acceptors (Lipinski definition) is 4. The van der Waals surface area contributed by atoms with E-state index in [0.29, 0.717) is 0 Å². The number of nitrogens with zero attached hydrogens (tertiary/aromatic N) is 1. The largest absolute Gasteiger partial charge is 0.496 e. The zero-order valence-electron chi connectivity index (χ0n) is 11.2. The Balaban J connectivity index is 2.07. The van der Waals surface area contributed by atoms with E-state index in [1.54, 1.807) is 7.11 Å². The number of ether oxygens (including phenoxy) is 2. The summed E-state index contributed by atoms with van der Waals surface area (Å²) in [5.74, 6) is 0.876. The molecule has 0 aliphatic carbocycles. The number of methoxy groups -OCH3 is 1. The second-order valence-corrected chi connectivity index (χ2v) is 4.76. The molecule has 1 heterocycles. The summed E-state index contributed by atoms with van der Waals surface area (Å²) in [5.41, 5.74) is 8.61. The van der Waals surface area contributed by atoms with Gasteiger partial charge < -0.3 is 15.2 Å². The van der Waals surface area contributed by atoms with Gasteiger partial charge in [-0.25, -0.2) is 0 Å². The minimum absolute atomic E-state index is 0.0158. The molecular weight excluding hydrogens is 228 g/mol. The van der Waals surface area contributed by atoms with Crippen molar-refractivity contribution >= 4 is 0 Å². The highest BCUT2D eigenvalue weighted by Gasteiger charge is 2.17. The van der Waals surface area contributed by atoms with Crippen LogP contribution in [-0.4, -0.2) is 44.9 Å². The van der Waals surface area contributed by atoms with Crippen molar-refractivity contribution in [2.24, 2.45) is 5.73 Å². The van der Waals surface area contributed by atoms with Crippen LogP contribution in [-0.2, 0) is 4.74 Å². The van der Waals surface area contributed by atoms with Crippen LogP contribution in [0.25, 0.3) is 0 Å². The minimum atomic E-state index is -0.0158. The molecule has 0 amide bonds. The molecule has 1 unspecified atom stereocenters. The highest BCUT2D eigenvalue weighted by Crippen LogP contribution is 2.25. The summed E-state index contributed by atoms with van der Waals surface area (Å²) in [6.07, 6.45) is 0. The lowest BCUT2D eigenvalue weighted by atomic mass is 10.0. The highest BCUT2D eigenvalue weighted by atomic mass is 16.5. The van der Waals surface area contributed by atoms with Crippen LogP contribution in [0.3, 0.4) is 0 Å². The molecule has 1 atom stereocenters. The quantitative estimate of drug-likeness (QED) is 0.876. The fourth-order valence-corrected chi connectivity index (χ4v) is 2.30. The molecule has 4 heteroatoms. The number of hydrogen-bond donors (Lipinski definition) is 1. The standard InChI is InChI=1S/C14H22N2O2/c1-11-3-4-14(17-2)12(9-11)13(15)10-16-5-7-18-8-6-16/h3-4,9,13H,5-8,10,15H2,1-2H3.